The molecule has 0 saturated carbocycles. The molecule has 2 aromatic rings. The quantitative estimate of drug-likeness (QED) is 0.697. The molecule has 2 aliphatic rings. The number of aromatic nitrogens is 3. The van der Waals surface area contributed by atoms with Gasteiger partial charge in [0.2, 0.25) is 0 Å². The summed E-state index contributed by atoms with van der Waals surface area (Å²) in [6.45, 7) is 1.30. The Kier molecular flexibility index (Phi) is 6.62. The first-order valence-corrected chi connectivity index (χ1v) is 9.85. The van der Waals surface area contributed by atoms with Crippen LogP contribution in [0.5, 0.6) is 5.88 Å². The maximum Gasteiger partial charge on any atom is 0.490 e. The molecule has 31 heavy (non-hydrogen) atoms. The van der Waals surface area contributed by atoms with E-state index in [1.165, 1.54) is 30.7 Å². The number of rotatable bonds is 3. The Morgan fingerprint density at radius 2 is 1.94 bits per heavy atom. The molecule has 2 aromatic heterocycles. The number of carbonyl (C=O) groups excluding carboxylic acids is 1. The number of hydrogen-bond acceptors (Lipinski definition) is 7. The third-order valence-electron chi connectivity index (χ3n) is 4.45. The van der Waals surface area contributed by atoms with Crippen LogP contribution in [0.2, 0.25) is 0 Å². The van der Waals surface area contributed by atoms with E-state index >= 15 is 0 Å². The first-order valence-electron chi connectivity index (χ1n) is 8.86. The van der Waals surface area contributed by atoms with Crippen molar-refractivity contribution >= 4 is 23.6 Å². The van der Waals surface area contributed by atoms with Gasteiger partial charge in [-0.2, -0.15) is 13.2 Å². The Labute approximate surface area is 177 Å². The first-order chi connectivity index (χ1) is 14.6. The summed E-state index contributed by atoms with van der Waals surface area (Å²) in [7, 11) is 0. The summed E-state index contributed by atoms with van der Waals surface area (Å²) < 4.78 is 51.0. The Morgan fingerprint density at radius 3 is 2.52 bits per heavy atom. The van der Waals surface area contributed by atoms with Crippen LogP contribution >= 0.6 is 11.8 Å². The summed E-state index contributed by atoms with van der Waals surface area (Å²) in [5.74, 6) is -2.49. The molecular weight excluding hydrogens is 444 g/mol. The van der Waals surface area contributed by atoms with Crippen molar-refractivity contribution in [2.45, 2.75) is 23.4 Å². The van der Waals surface area contributed by atoms with Gasteiger partial charge in [0, 0.05) is 43.9 Å². The smallest absolute Gasteiger partial charge is 0.475 e. The number of carboxylic acid groups (broad SMARTS) is 1. The Bertz CT molecular complexity index is 942. The molecule has 4 rings (SSSR count). The molecular formula is C18H16F4N4O4S. The summed E-state index contributed by atoms with van der Waals surface area (Å²) >= 11 is 1.78. The van der Waals surface area contributed by atoms with Gasteiger partial charge in [-0.3, -0.25) is 9.78 Å². The molecule has 0 radical (unpaired) electrons. The number of nitrogens with zero attached hydrogens (tertiary/aromatic N) is 4. The number of alkyl halides is 3. The average Bonchev–Trinajstić information content (AvgIpc) is 3.13. The standard InChI is InChI=1S/C16H15FN4O2S.C2HF3O2/c17-12-2-1-3-20-14(12)23-11-6-16(24-8-11)9-21(10-16)15(22)13-7-18-4-5-19-13;3-2(4,5)1(6)7/h1-5,7,11H,6,8-10H2;(H,6,7). The van der Waals surface area contributed by atoms with Crippen molar-refractivity contribution in [1.29, 1.82) is 0 Å². The number of hydrogen-bond donors (Lipinski definition) is 1. The lowest BCUT2D eigenvalue weighted by Crippen LogP contribution is -2.61. The average molecular weight is 460 g/mol. The molecule has 2 aliphatic heterocycles. The van der Waals surface area contributed by atoms with Crippen LogP contribution in [-0.2, 0) is 4.79 Å². The molecule has 4 heterocycles. The van der Waals surface area contributed by atoms with Crippen molar-refractivity contribution in [3.05, 3.63) is 48.4 Å². The van der Waals surface area contributed by atoms with Gasteiger partial charge in [0.05, 0.1) is 10.9 Å². The van der Waals surface area contributed by atoms with Crippen LogP contribution in [0.1, 0.15) is 16.9 Å². The van der Waals surface area contributed by atoms with Gasteiger partial charge in [-0.05, 0) is 12.1 Å². The van der Waals surface area contributed by atoms with Crippen LogP contribution in [0.4, 0.5) is 17.6 Å². The lowest BCUT2D eigenvalue weighted by molar-refractivity contribution is -0.192. The molecule has 1 unspecified atom stereocenters. The number of thioether (sulfide) groups is 1. The van der Waals surface area contributed by atoms with Crippen molar-refractivity contribution < 1.29 is 37.0 Å². The first kappa shape index (κ1) is 22.7. The van der Waals surface area contributed by atoms with E-state index < -0.39 is 18.0 Å². The third-order valence-corrected chi connectivity index (χ3v) is 6.02. The molecule has 1 amide bonds. The fourth-order valence-corrected chi connectivity index (χ4v) is 4.60. The lowest BCUT2D eigenvalue weighted by Gasteiger charge is -2.47. The normalized spacial score (nSPS) is 19.2. The fourth-order valence-electron chi connectivity index (χ4n) is 3.08. The van der Waals surface area contributed by atoms with Crippen LogP contribution in [0.15, 0.2) is 36.9 Å². The highest BCUT2D eigenvalue weighted by atomic mass is 32.2. The summed E-state index contributed by atoms with van der Waals surface area (Å²) in [6.07, 6.45) is 1.65. The van der Waals surface area contributed by atoms with Crippen molar-refractivity contribution in [2.75, 3.05) is 18.8 Å². The highest BCUT2D eigenvalue weighted by Crippen LogP contribution is 2.46. The van der Waals surface area contributed by atoms with Gasteiger partial charge in [-0.15, -0.1) is 11.8 Å². The fraction of sp³-hybridized carbons (Fsp3) is 0.389. The summed E-state index contributed by atoms with van der Waals surface area (Å²) in [5.41, 5.74) is 0.360. The maximum absolute atomic E-state index is 13.6. The number of ether oxygens (including phenoxy) is 1. The molecule has 0 aliphatic carbocycles. The number of halogens is 4. The van der Waals surface area contributed by atoms with Crippen molar-refractivity contribution in [2.24, 2.45) is 0 Å². The molecule has 1 N–H and O–H groups in total. The highest BCUT2D eigenvalue weighted by Gasteiger charge is 2.51. The number of likely N-dealkylation sites (tertiary alicyclic amines) is 1. The number of aliphatic carboxylic acids is 1. The van der Waals surface area contributed by atoms with E-state index in [2.05, 4.69) is 15.0 Å². The van der Waals surface area contributed by atoms with Crippen molar-refractivity contribution in [3.8, 4) is 5.88 Å². The molecule has 1 atom stereocenters. The summed E-state index contributed by atoms with van der Waals surface area (Å²) in [4.78, 5) is 34.9. The molecule has 0 aromatic carbocycles. The molecule has 2 saturated heterocycles. The SMILES string of the molecule is O=C(O)C(F)(F)F.O=C(c1cnccn1)N1CC2(CC(Oc3ncccc3F)CS2)C1. The maximum atomic E-state index is 13.6. The van der Waals surface area contributed by atoms with E-state index in [0.717, 1.165) is 12.2 Å². The van der Waals surface area contributed by atoms with Crippen LogP contribution < -0.4 is 4.74 Å². The van der Waals surface area contributed by atoms with E-state index in [0.29, 0.717) is 18.8 Å². The molecule has 0 bridgehead atoms. The van der Waals surface area contributed by atoms with E-state index in [1.54, 1.807) is 22.9 Å². The van der Waals surface area contributed by atoms with Crippen LogP contribution in [-0.4, -0.2) is 72.7 Å². The van der Waals surface area contributed by atoms with Gasteiger partial charge in [-0.25, -0.2) is 19.2 Å². The Hall–Kier alpha value is -2.96. The number of amides is 1. The second-order valence-electron chi connectivity index (χ2n) is 6.78. The second kappa shape index (κ2) is 9.04. The lowest BCUT2D eigenvalue weighted by atomic mass is 9.92. The number of carbonyl (C=O) groups is 2. The van der Waals surface area contributed by atoms with Gasteiger partial charge in [0.25, 0.3) is 11.8 Å². The van der Waals surface area contributed by atoms with E-state index in [4.69, 9.17) is 14.6 Å². The molecule has 166 valence electrons. The minimum atomic E-state index is -5.08. The Morgan fingerprint density at radius 1 is 1.23 bits per heavy atom. The highest BCUT2D eigenvalue weighted by molar-refractivity contribution is 8.01. The molecule has 13 heteroatoms. The van der Waals surface area contributed by atoms with E-state index in [1.807, 2.05) is 0 Å². The van der Waals surface area contributed by atoms with E-state index in [9.17, 15) is 22.4 Å². The van der Waals surface area contributed by atoms with Gasteiger partial charge >= 0.3 is 12.1 Å². The van der Waals surface area contributed by atoms with Crippen molar-refractivity contribution in [1.82, 2.24) is 19.9 Å². The zero-order chi connectivity index (χ0) is 22.6. The molecule has 1 spiro atoms. The number of carboxylic acids is 1. The number of pyridine rings is 1. The van der Waals surface area contributed by atoms with E-state index in [-0.39, 0.29) is 22.6 Å². The monoisotopic (exact) mass is 460 g/mol. The van der Waals surface area contributed by atoms with Gasteiger partial charge < -0.3 is 14.7 Å². The minimum absolute atomic E-state index is 0.00616. The van der Waals surface area contributed by atoms with Gasteiger partial charge in [0.15, 0.2) is 5.82 Å². The second-order valence-corrected chi connectivity index (χ2v) is 8.27. The van der Waals surface area contributed by atoms with Crippen LogP contribution in [0, 0.1) is 5.82 Å². The van der Waals surface area contributed by atoms with Crippen LogP contribution in [0.3, 0.4) is 0 Å². The van der Waals surface area contributed by atoms with Crippen LogP contribution in [0.25, 0.3) is 0 Å². The summed E-state index contributed by atoms with van der Waals surface area (Å²) in [6, 6.07) is 2.87. The third kappa shape index (κ3) is 5.60. The predicted molar refractivity (Wildman–Crippen MR) is 100 cm³/mol. The summed E-state index contributed by atoms with van der Waals surface area (Å²) in [5, 5.41) is 7.12. The topological polar surface area (TPSA) is 106 Å². The minimum Gasteiger partial charge on any atom is -0.475 e. The largest absolute Gasteiger partial charge is 0.490 e. The zero-order valence-electron chi connectivity index (χ0n) is 15.8. The predicted octanol–water partition coefficient (Wildman–Crippen LogP) is 2.42. The van der Waals surface area contributed by atoms with Crippen molar-refractivity contribution in [3.63, 3.8) is 0 Å². The van der Waals surface area contributed by atoms with Gasteiger partial charge in [-0.1, -0.05) is 0 Å². The Balaban J connectivity index is 0.000000339. The molecule has 8 nitrogen and oxygen atoms in total. The molecule has 2 fully saturated rings. The zero-order valence-corrected chi connectivity index (χ0v) is 16.6. The van der Waals surface area contributed by atoms with Gasteiger partial charge in [0.1, 0.15) is 11.8 Å².